The molecule has 0 saturated carbocycles. The van der Waals surface area contributed by atoms with Crippen LogP contribution in [0.25, 0.3) is 11.4 Å². The number of benzene rings is 1. The predicted octanol–water partition coefficient (Wildman–Crippen LogP) is 3.42. The highest BCUT2D eigenvalue weighted by atomic mass is 32.1. The van der Waals surface area contributed by atoms with E-state index in [0.29, 0.717) is 11.6 Å². The second-order valence-electron chi connectivity index (χ2n) is 4.78. The summed E-state index contributed by atoms with van der Waals surface area (Å²) >= 11 is 1.73. The topological polar surface area (TPSA) is 55.0 Å². The van der Waals surface area contributed by atoms with E-state index in [1.54, 1.807) is 17.4 Å². The Morgan fingerprint density at radius 3 is 2.62 bits per heavy atom. The van der Waals surface area contributed by atoms with Crippen molar-refractivity contribution in [2.45, 2.75) is 6.54 Å². The summed E-state index contributed by atoms with van der Waals surface area (Å²) in [5.41, 5.74) is 6.90. The Morgan fingerprint density at radius 1 is 1.10 bits per heavy atom. The van der Waals surface area contributed by atoms with Gasteiger partial charge >= 0.3 is 0 Å². The minimum absolute atomic E-state index is 0.483. The molecule has 3 rings (SSSR count). The van der Waals surface area contributed by atoms with Crippen LogP contribution in [0.5, 0.6) is 0 Å². The molecule has 0 aliphatic carbocycles. The largest absolute Gasteiger partial charge is 0.384 e. The van der Waals surface area contributed by atoms with Crippen LogP contribution in [0.15, 0.2) is 53.9 Å². The van der Waals surface area contributed by atoms with Crippen molar-refractivity contribution in [3.05, 3.63) is 58.8 Å². The van der Waals surface area contributed by atoms with Crippen LogP contribution in [0.1, 0.15) is 4.88 Å². The average Bonchev–Trinajstić information content (AvgIpc) is 3.00. The molecule has 4 nitrogen and oxygen atoms in total. The molecular formula is C16H16N4S. The zero-order chi connectivity index (χ0) is 14.7. The van der Waals surface area contributed by atoms with Crippen LogP contribution in [0.3, 0.4) is 0 Å². The monoisotopic (exact) mass is 296 g/mol. The van der Waals surface area contributed by atoms with Gasteiger partial charge in [0.2, 0.25) is 0 Å². The van der Waals surface area contributed by atoms with Crippen molar-refractivity contribution in [3.8, 4) is 11.4 Å². The molecule has 0 saturated heterocycles. The fourth-order valence-corrected chi connectivity index (χ4v) is 2.84. The first-order chi connectivity index (χ1) is 10.2. The van der Waals surface area contributed by atoms with Gasteiger partial charge in [0.1, 0.15) is 11.6 Å². The van der Waals surface area contributed by atoms with Crippen molar-refractivity contribution in [1.82, 2.24) is 9.97 Å². The van der Waals surface area contributed by atoms with Crippen LogP contribution in [-0.4, -0.2) is 17.0 Å². The van der Waals surface area contributed by atoms with Crippen molar-refractivity contribution < 1.29 is 0 Å². The van der Waals surface area contributed by atoms with E-state index in [4.69, 9.17) is 5.73 Å². The van der Waals surface area contributed by atoms with Crippen LogP contribution < -0.4 is 10.6 Å². The van der Waals surface area contributed by atoms with Gasteiger partial charge in [0.25, 0.3) is 0 Å². The molecule has 2 N–H and O–H groups in total. The van der Waals surface area contributed by atoms with Gasteiger partial charge in [0.15, 0.2) is 5.82 Å². The Balaban J connectivity index is 1.90. The van der Waals surface area contributed by atoms with E-state index in [1.807, 2.05) is 37.4 Å². The van der Waals surface area contributed by atoms with Gasteiger partial charge in [-0.15, -0.1) is 11.3 Å². The summed E-state index contributed by atoms with van der Waals surface area (Å²) in [6.07, 6.45) is 0. The maximum Gasteiger partial charge on any atom is 0.163 e. The number of hydrogen-bond acceptors (Lipinski definition) is 5. The van der Waals surface area contributed by atoms with E-state index in [1.165, 1.54) is 4.88 Å². The van der Waals surface area contributed by atoms with Gasteiger partial charge in [-0.05, 0) is 11.4 Å². The lowest BCUT2D eigenvalue weighted by Gasteiger charge is -2.18. The molecule has 106 valence electrons. The van der Waals surface area contributed by atoms with E-state index in [2.05, 4.69) is 32.4 Å². The molecule has 3 aromatic rings. The molecule has 0 amide bonds. The summed E-state index contributed by atoms with van der Waals surface area (Å²) in [5.74, 6) is 1.97. The Kier molecular flexibility index (Phi) is 3.83. The van der Waals surface area contributed by atoms with Crippen molar-refractivity contribution in [1.29, 1.82) is 0 Å². The molecule has 5 heteroatoms. The third-order valence-electron chi connectivity index (χ3n) is 3.13. The first kappa shape index (κ1) is 13.6. The van der Waals surface area contributed by atoms with Crippen LogP contribution in [0.4, 0.5) is 11.6 Å². The maximum absolute atomic E-state index is 5.93. The van der Waals surface area contributed by atoms with Crippen LogP contribution in [0.2, 0.25) is 0 Å². The van der Waals surface area contributed by atoms with E-state index >= 15 is 0 Å². The highest BCUT2D eigenvalue weighted by molar-refractivity contribution is 7.09. The van der Waals surface area contributed by atoms with Crippen LogP contribution in [-0.2, 0) is 6.54 Å². The molecule has 0 atom stereocenters. The van der Waals surface area contributed by atoms with Crippen LogP contribution in [0, 0.1) is 0 Å². The second-order valence-corrected chi connectivity index (χ2v) is 5.81. The second kappa shape index (κ2) is 5.93. The highest BCUT2D eigenvalue weighted by Gasteiger charge is 2.09. The lowest BCUT2D eigenvalue weighted by Crippen LogP contribution is -2.18. The number of nitrogens with zero attached hydrogens (tertiary/aromatic N) is 3. The van der Waals surface area contributed by atoms with Crippen LogP contribution >= 0.6 is 11.3 Å². The minimum atomic E-state index is 0.483. The van der Waals surface area contributed by atoms with E-state index in [-0.39, 0.29) is 0 Å². The number of hydrogen-bond donors (Lipinski definition) is 1. The lowest BCUT2D eigenvalue weighted by atomic mass is 10.2. The predicted molar refractivity (Wildman–Crippen MR) is 88.3 cm³/mol. The Hall–Kier alpha value is -2.40. The molecule has 0 spiro atoms. The summed E-state index contributed by atoms with van der Waals surface area (Å²) in [7, 11) is 2.01. The maximum atomic E-state index is 5.93. The number of aromatic nitrogens is 2. The van der Waals surface area contributed by atoms with Gasteiger partial charge in [-0.1, -0.05) is 36.4 Å². The minimum Gasteiger partial charge on any atom is -0.384 e. The molecule has 0 fully saturated rings. The van der Waals surface area contributed by atoms with E-state index in [0.717, 1.165) is 17.9 Å². The lowest BCUT2D eigenvalue weighted by molar-refractivity contribution is 0.908. The Bertz CT molecular complexity index is 710. The quantitative estimate of drug-likeness (QED) is 0.801. The molecule has 0 aliphatic heterocycles. The number of rotatable bonds is 4. The molecule has 0 aliphatic rings. The van der Waals surface area contributed by atoms with E-state index < -0.39 is 0 Å². The number of nitrogens with two attached hydrogens (primary N) is 1. The summed E-state index contributed by atoms with van der Waals surface area (Å²) in [6.45, 7) is 0.808. The zero-order valence-corrected chi connectivity index (χ0v) is 12.5. The first-order valence-electron chi connectivity index (χ1n) is 6.66. The molecule has 21 heavy (non-hydrogen) atoms. The smallest absolute Gasteiger partial charge is 0.163 e. The molecule has 0 unspecified atom stereocenters. The normalized spacial score (nSPS) is 10.5. The van der Waals surface area contributed by atoms with Crippen molar-refractivity contribution in [2.24, 2.45) is 0 Å². The van der Waals surface area contributed by atoms with E-state index in [9.17, 15) is 0 Å². The third kappa shape index (κ3) is 3.20. The fraction of sp³-hybridized carbons (Fsp3) is 0.125. The van der Waals surface area contributed by atoms with Gasteiger partial charge in [-0.25, -0.2) is 9.97 Å². The molecule has 2 aromatic heterocycles. The molecule has 1 aromatic carbocycles. The summed E-state index contributed by atoms with van der Waals surface area (Å²) < 4.78 is 0. The van der Waals surface area contributed by atoms with Crippen molar-refractivity contribution >= 4 is 23.0 Å². The Labute approximate surface area is 127 Å². The molecule has 0 radical (unpaired) electrons. The SMILES string of the molecule is CN(Cc1cccs1)c1cc(N)nc(-c2ccccc2)n1. The summed E-state index contributed by atoms with van der Waals surface area (Å²) in [6, 6.07) is 15.9. The molecule has 0 bridgehead atoms. The fourth-order valence-electron chi connectivity index (χ4n) is 2.08. The van der Waals surface area contributed by atoms with Gasteiger partial charge in [0, 0.05) is 23.6 Å². The average molecular weight is 296 g/mol. The zero-order valence-electron chi connectivity index (χ0n) is 11.7. The molecule has 2 heterocycles. The number of thiophene rings is 1. The highest BCUT2D eigenvalue weighted by Crippen LogP contribution is 2.22. The summed E-state index contributed by atoms with van der Waals surface area (Å²) in [4.78, 5) is 12.3. The summed E-state index contributed by atoms with van der Waals surface area (Å²) in [5, 5.41) is 2.08. The number of nitrogen functional groups attached to an aromatic ring is 1. The van der Waals surface area contributed by atoms with Gasteiger partial charge in [0.05, 0.1) is 6.54 Å². The Morgan fingerprint density at radius 2 is 1.90 bits per heavy atom. The third-order valence-corrected chi connectivity index (χ3v) is 3.99. The van der Waals surface area contributed by atoms with Gasteiger partial charge in [-0.2, -0.15) is 0 Å². The molecular weight excluding hydrogens is 280 g/mol. The van der Waals surface area contributed by atoms with Crippen molar-refractivity contribution in [2.75, 3.05) is 17.7 Å². The van der Waals surface area contributed by atoms with Gasteiger partial charge in [-0.3, -0.25) is 0 Å². The first-order valence-corrected chi connectivity index (χ1v) is 7.54. The number of anilines is 2. The standard InChI is InChI=1S/C16H16N4S/c1-20(11-13-8-5-9-21-13)15-10-14(17)18-16(19-15)12-6-3-2-4-7-12/h2-10H,11H2,1H3,(H2,17,18,19). The van der Waals surface area contributed by atoms with Crippen molar-refractivity contribution in [3.63, 3.8) is 0 Å². The van der Waals surface area contributed by atoms with Gasteiger partial charge < -0.3 is 10.6 Å².